The van der Waals surface area contributed by atoms with Crippen molar-refractivity contribution in [2.45, 2.75) is 33.1 Å². The second-order valence-electron chi connectivity index (χ2n) is 4.46. The number of carbonyl (C=O) groups is 1. The Morgan fingerprint density at radius 2 is 2.31 bits per heavy atom. The summed E-state index contributed by atoms with van der Waals surface area (Å²) in [6, 6.07) is 0. The summed E-state index contributed by atoms with van der Waals surface area (Å²) < 4.78 is 0. The van der Waals surface area contributed by atoms with Crippen LogP contribution in [0.4, 0.5) is 0 Å². The smallest absolute Gasteiger partial charge is 0.158 e. The first-order valence-electron chi connectivity index (χ1n) is 4.84. The number of hydrogen-bond donors (Lipinski definition) is 0. The lowest BCUT2D eigenvalue weighted by atomic mass is 9.75. The summed E-state index contributed by atoms with van der Waals surface area (Å²) in [5.74, 6) is 1.15. The van der Waals surface area contributed by atoms with E-state index in [2.05, 4.69) is 13.8 Å². The summed E-state index contributed by atoms with van der Waals surface area (Å²) in [4.78, 5) is 11.5. The second-order valence-corrected chi connectivity index (χ2v) is 4.83. The average molecular weight is 201 g/mol. The summed E-state index contributed by atoms with van der Waals surface area (Å²) >= 11 is 5.61. The van der Waals surface area contributed by atoms with Crippen LogP contribution >= 0.6 is 11.6 Å². The molecule has 0 N–H and O–H groups in total. The lowest BCUT2D eigenvalue weighted by Crippen LogP contribution is -2.25. The third-order valence-corrected chi connectivity index (χ3v) is 2.83. The number of rotatable bonds is 3. The lowest BCUT2D eigenvalue weighted by Gasteiger charge is -2.29. The molecule has 0 heterocycles. The van der Waals surface area contributed by atoms with Crippen LogP contribution in [0.3, 0.4) is 0 Å². The Morgan fingerprint density at radius 1 is 1.62 bits per heavy atom. The van der Waals surface area contributed by atoms with Crippen LogP contribution in [-0.2, 0) is 4.79 Å². The Morgan fingerprint density at radius 3 is 2.92 bits per heavy atom. The molecule has 0 spiro atoms. The minimum Gasteiger partial charge on any atom is -0.295 e. The third-order valence-electron chi connectivity index (χ3n) is 2.56. The number of alkyl halides is 1. The van der Waals surface area contributed by atoms with Crippen LogP contribution < -0.4 is 0 Å². The molecule has 74 valence electrons. The zero-order valence-corrected chi connectivity index (χ0v) is 9.10. The molecule has 0 aromatic carbocycles. The van der Waals surface area contributed by atoms with Gasteiger partial charge in [-0.15, -0.1) is 11.6 Å². The molecule has 0 aromatic heterocycles. The molecule has 1 atom stereocenters. The van der Waals surface area contributed by atoms with E-state index in [-0.39, 0.29) is 17.1 Å². The van der Waals surface area contributed by atoms with Gasteiger partial charge in [0.25, 0.3) is 0 Å². The highest BCUT2D eigenvalue weighted by Gasteiger charge is 2.28. The monoisotopic (exact) mass is 200 g/mol. The largest absolute Gasteiger partial charge is 0.295 e. The number of hydrogen-bond acceptors (Lipinski definition) is 1. The lowest BCUT2D eigenvalue weighted by molar-refractivity contribution is -0.119. The first-order chi connectivity index (χ1) is 6.05. The van der Waals surface area contributed by atoms with Gasteiger partial charge in [0.2, 0.25) is 0 Å². The Bertz CT molecular complexity index is 218. The van der Waals surface area contributed by atoms with Gasteiger partial charge in [0.1, 0.15) is 0 Å². The Hall–Kier alpha value is -0.300. The molecule has 1 nitrogen and oxygen atoms in total. The highest BCUT2D eigenvalue weighted by molar-refractivity contribution is 6.17. The molecule has 0 bridgehead atoms. The molecule has 0 saturated heterocycles. The number of ketones is 1. The van der Waals surface area contributed by atoms with Crippen molar-refractivity contribution in [2.24, 2.45) is 11.3 Å². The summed E-state index contributed by atoms with van der Waals surface area (Å²) in [7, 11) is 0. The van der Waals surface area contributed by atoms with Crippen molar-refractivity contribution >= 4 is 17.4 Å². The normalized spacial score (nSPS) is 26.4. The van der Waals surface area contributed by atoms with Gasteiger partial charge in [-0.3, -0.25) is 4.79 Å². The van der Waals surface area contributed by atoms with Gasteiger partial charge < -0.3 is 0 Å². The summed E-state index contributed by atoms with van der Waals surface area (Å²) in [5.41, 5.74) is 0.185. The molecule has 13 heavy (non-hydrogen) atoms. The number of allylic oxidation sites excluding steroid dienone is 2. The average Bonchev–Trinajstić information content (AvgIpc) is 2.07. The maximum atomic E-state index is 11.5. The van der Waals surface area contributed by atoms with E-state index < -0.39 is 0 Å². The summed E-state index contributed by atoms with van der Waals surface area (Å²) in [5, 5.41) is 0. The molecular weight excluding hydrogens is 184 g/mol. The van der Waals surface area contributed by atoms with Crippen LogP contribution in [0.2, 0.25) is 0 Å². The van der Waals surface area contributed by atoms with E-state index in [1.54, 1.807) is 6.08 Å². The van der Waals surface area contributed by atoms with E-state index in [0.717, 1.165) is 19.3 Å². The molecule has 0 saturated carbocycles. The predicted octanol–water partition coefficient (Wildman–Crippen LogP) is 3.18. The highest BCUT2D eigenvalue weighted by Crippen LogP contribution is 2.33. The Labute approximate surface area is 85.2 Å². The standard InChI is InChI=1S/C11H17ClO/c1-11(2)6-5-10(13)9(8-11)4-3-7-12/h5-6,9H,3-4,7-8H2,1-2H3. The van der Waals surface area contributed by atoms with Crippen molar-refractivity contribution in [1.82, 2.24) is 0 Å². The topological polar surface area (TPSA) is 17.1 Å². The van der Waals surface area contributed by atoms with Crippen molar-refractivity contribution in [3.63, 3.8) is 0 Å². The number of carbonyl (C=O) groups excluding carboxylic acids is 1. The molecule has 1 aliphatic carbocycles. The molecular formula is C11H17ClO. The number of halogens is 1. The van der Waals surface area contributed by atoms with Crippen molar-refractivity contribution < 1.29 is 4.79 Å². The van der Waals surface area contributed by atoms with E-state index >= 15 is 0 Å². The van der Waals surface area contributed by atoms with E-state index in [1.807, 2.05) is 6.08 Å². The van der Waals surface area contributed by atoms with E-state index in [0.29, 0.717) is 5.88 Å². The van der Waals surface area contributed by atoms with E-state index in [9.17, 15) is 4.79 Å². The van der Waals surface area contributed by atoms with Crippen LogP contribution in [0.15, 0.2) is 12.2 Å². The van der Waals surface area contributed by atoms with Crippen LogP contribution in [0.5, 0.6) is 0 Å². The predicted molar refractivity (Wildman–Crippen MR) is 56.0 cm³/mol. The minimum absolute atomic E-state index is 0.185. The van der Waals surface area contributed by atoms with Gasteiger partial charge >= 0.3 is 0 Å². The zero-order chi connectivity index (χ0) is 9.90. The van der Waals surface area contributed by atoms with Crippen LogP contribution in [0, 0.1) is 11.3 Å². The third kappa shape index (κ3) is 3.15. The van der Waals surface area contributed by atoms with Gasteiger partial charge in [-0.2, -0.15) is 0 Å². The first kappa shape index (κ1) is 10.8. The molecule has 1 rings (SSSR count). The Kier molecular flexibility index (Phi) is 3.55. The van der Waals surface area contributed by atoms with Crippen LogP contribution in [0.1, 0.15) is 33.1 Å². The van der Waals surface area contributed by atoms with Crippen LogP contribution in [0.25, 0.3) is 0 Å². The molecule has 0 amide bonds. The zero-order valence-electron chi connectivity index (χ0n) is 8.35. The fourth-order valence-corrected chi connectivity index (χ4v) is 1.97. The van der Waals surface area contributed by atoms with E-state index in [4.69, 9.17) is 11.6 Å². The van der Waals surface area contributed by atoms with Crippen molar-refractivity contribution in [3.8, 4) is 0 Å². The molecule has 0 radical (unpaired) electrons. The SMILES string of the molecule is CC1(C)C=CC(=O)C(CCCCl)C1. The van der Waals surface area contributed by atoms with Gasteiger partial charge in [0.05, 0.1) is 0 Å². The molecule has 0 aromatic rings. The summed E-state index contributed by atoms with van der Waals surface area (Å²) in [6.45, 7) is 4.34. The van der Waals surface area contributed by atoms with Crippen molar-refractivity contribution in [1.29, 1.82) is 0 Å². The minimum atomic E-state index is 0.185. The molecule has 1 unspecified atom stereocenters. The highest BCUT2D eigenvalue weighted by atomic mass is 35.5. The van der Waals surface area contributed by atoms with Gasteiger partial charge in [0, 0.05) is 11.8 Å². The van der Waals surface area contributed by atoms with Gasteiger partial charge in [-0.25, -0.2) is 0 Å². The second kappa shape index (κ2) is 4.28. The fraction of sp³-hybridized carbons (Fsp3) is 0.727. The first-order valence-corrected chi connectivity index (χ1v) is 5.38. The fourth-order valence-electron chi connectivity index (χ4n) is 1.82. The summed E-state index contributed by atoms with van der Waals surface area (Å²) in [6.07, 6.45) is 6.62. The van der Waals surface area contributed by atoms with Gasteiger partial charge in [0.15, 0.2) is 5.78 Å². The Balaban J connectivity index is 2.56. The van der Waals surface area contributed by atoms with Crippen LogP contribution in [-0.4, -0.2) is 11.7 Å². The van der Waals surface area contributed by atoms with Crippen molar-refractivity contribution in [2.75, 3.05) is 5.88 Å². The van der Waals surface area contributed by atoms with Gasteiger partial charge in [-0.1, -0.05) is 19.9 Å². The van der Waals surface area contributed by atoms with Gasteiger partial charge in [-0.05, 0) is 30.8 Å². The molecule has 2 heteroatoms. The van der Waals surface area contributed by atoms with Crippen molar-refractivity contribution in [3.05, 3.63) is 12.2 Å². The molecule has 0 fully saturated rings. The maximum Gasteiger partial charge on any atom is 0.158 e. The van der Waals surface area contributed by atoms with E-state index in [1.165, 1.54) is 0 Å². The molecule has 0 aliphatic heterocycles. The quantitative estimate of drug-likeness (QED) is 0.640. The maximum absolute atomic E-state index is 11.5. The molecule has 1 aliphatic rings.